The van der Waals surface area contributed by atoms with E-state index in [2.05, 4.69) is 21.3 Å². The first kappa shape index (κ1) is 28.4. The number of ketones is 1. The summed E-state index contributed by atoms with van der Waals surface area (Å²) in [7, 11) is 0. The third-order valence-corrected chi connectivity index (χ3v) is 6.66. The van der Waals surface area contributed by atoms with Crippen molar-refractivity contribution in [3.8, 4) is 0 Å². The van der Waals surface area contributed by atoms with Crippen LogP contribution in [0.25, 0.3) is 0 Å². The Hall–Kier alpha value is -3.15. The molecule has 1 aromatic carbocycles. The van der Waals surface area contributed by atoms with Crippen LogP contribution >= 0.6 is 11.6 Å². The zero-order chi connectivity index (χ0) is 27.7. The van der Waals surface area contributed by atoms with Crippen LogP contribution in [0.3, 0.4) is 0 Å². The Bertz CT molecular complexity index is 1120. The van der Waals surface area contributed by atoms with Crippen LogP contribution in [-0.2, 0) is 19.2 Å². The number of halogens is 4. The summed E-state index contributed by atoms with van der Waals surface area (Å²) in [5, 5.41) is 9.82. The predicted octanol–water partition coefficient (Wildman–Crippen LogP) is 2.73. The molecule has 3 rings (SSSR count). The van der Waals surface area contributed by atoms with Gasteiger partial charge in [-0.15, -0.1) is 0 Å². The topological polar surface area (TPSA) is 133 Å². The van der Waals surface area contributed by atoms with Crippen molar-refractivity contribution in [1.82, 2.24) is 16.0 Å². The minimum atomic E-state index is -4.86. The minimum Gasteiger partial charge on any atom is -0.353 e. The van der Waals surface area contributed by atoms with E-state index >= 15 is 0 Å². The number of alkyl halides is 3. The Balaban J connectivity index is 1.85. The molecule has 4 N–H and O–H groups in total. The minimum absolute atomic E-state index is 0.0385. The molecular formula is C24H28ClF3N4O5. The maximum absolute atomic E-state index is 13.3. The van der Waals surface area contributed by atoms with Crippen LogP contribution in [0.2, 0.25) is 5.02 Å². The van der Waals surface area contributed by atoms with E-state index in [4.69, 9.17) is 11.6 Å². The van der Waals surface area contributed by atoms with Gasteiger partial charge in [-0.25, -0.2) is 0 Å². The highest BCUT2D eigenvalue weighted by Crippen LogP contribution is 2.38. The molecule has 202 valence electrons. The average molecular weight is 545 g/mol. The van der Waals surface area contributed by atoms with E-state index in [0.717, 1.165) is 25.0 Å². The highest BCUT2D eigenvalue weighted by Gasteiger charge is 2.53. The number of rotatable bonds is 9. The molecule has 37 heavy (non-hydrogen) atoms. The number of amides is 4. The fourth-order valence-corrected chi connectivity index (χ4v) is 3.94. The van der Waals surface area contributed by atoms with Gasteiger partial charge in [0.1, 0.15) is 5.41 Å². The molecule has 13 heteroatoms. The van der Waals surface area contributed by atoms with Crippen LogP contribution in [0, 0.1) is 11.3 Å². The summed E-state index contributed by atoms with van der Waals surface area (Å²) >= 11 is 5.99. The van der Waals surface area contributed by atoms with E-state index < -0.39 is 47.1 Å². The summed E-state index contributed by atoms with van der Waals surface area (Å²) in [6.45, 7) is 3.16. The van der Waals surface area contributed by atoms with E-state index in [1.54, 1.807) is 6.92 Å². The standard InChI is InChI=1S/C24H28ClF3N4O5/c1-11-8-12(19(34)29-11)9-17(18(33)21(36)30-14-5-6-14)31-20(35)15-10-13(25)4-7-16(15)32-22(37)23(2,3)24(26,27)28/h4,7,10-12,14,17H,5-6,8-9H2,1-3H3,(H,29,34)(H,30,36)(H,31,35)(H,32,37)/t11-,12+,17+/m1/s1. The number of benzene rings is 1. The van der Waals surface area contributed by atoms with Crippen LogP contribution in [0.15, 0.2) is 18.2 Å². The SMILES string of the molecule is C[C@@H]1C[C@@H](C[C@H](NC(=O)c2cc(Cl)ccc2NC(=O)C(C)(C)C(F)(F)F)C(=O)C(=O)NC2CC2)C(=O)N1. The number of carbonyl (C=O) groups is 5. The number of hydrogen-bond acceptors (Lipinski definition) is 5. The van der Waals surface area contributed by atoms with Gasteiger partial charge in [0.15, 0.2) is 0 Å². The lowest BCUT2D eigenvalue weighted by Crippen LogP contribution is -2.49. The molecule has 0 aromatic heterocycles. The van der Waals surface area contributed by atoms with Gasteiger partial charge in [0.05, 0.1) is 17.3 Å². The van der Waals surface area contributed by atoms with E-state index in [1.807, 2.05) is 0 Å². The van der Waals surface area contributed by atoms with Gasteiger partial charge >= 0.3 is 6.18 Å². The summed E-state index contributed by atoms with van der Waals surface area (Å²) in [5.74, 6) is -5.23. The lowest BCUT2D eigenvalue weighted by Gasteiger charge is -2.27. The van der Waals surface area contributed by atoms with Crippen LogP contribution < -0.4 is 21.3 Å². The molecule has 1 aromatic rings. The van der Waals surface area contributed by atoms with Crippen molar-refractivity contribution in [2.24, 2.45) is 11.3 Å². The fraction of sp³-hybridized carbons (Fsp3) is 0.542. The highest BCUT2D eigenvalue weighted by atomic mass is 35.5. The second-order valence-corrected chi connectivity index (χ2v) is 10.4. The van der Waals surface area contributed by atoms with E-state index in [0.29, 0.717) is 20.3 Å². The Morgan fingerprint density at radius 1 is 1.16 bits per heavy atom. The fourth-order valence-electron chi connectivity index (χ4n) is 3.77. The number of nitrogens with one attached hydrogen (secondary N) is 4. The Morgan fingerprint density at radius 3 is 2.35 bits per heavy atom. The lowest BCUT2D eigenvalue weighted by molar-refractivity contribution is -0.208. The zero-order valence-corrected chi connectivity index (χ0v) is 21.2. The van der Waals surface area contributed by atoms with E-state index in [9.17, 15) is 37.1 Å². The van der Waals surface area contributed by atoms with Crippen molar-refractivity contribution < 1.29 is 37.1 Å². The summed E-state index contributed by atoms with van der Waals surface area (Å²) in [5.41, 5.74) is -3.36. The first-order valence-electron chi connectivity index (χ1n) is 11.7. The van der Waals surface area contributed by atoms with Gasteiger partial charge in [-0.3, -0.25) is 24.0 Å². The number of carbonyl (C=O) groups excluding carboxylic acids is 5. The molecule has 1 heterocycles. The molecule has 1 aliphatic heterocycles. The van der Waals surface area contributed by atoms with Crippen molar-refractivity contribution in [2.45, 2.75) is 70.8 Å². The van der Waals surface area contributed by atoms with Crippen molar-refractivity contribution in [2.75, 3.05) is 5.32 Å². The largest absolute Gasteiger partial charge is 0.402 e. The van der Waals surface area contributed by atoms with Gasteiger partial charge in [-0.1, -0.05) is 11.6 Å². The molecule has 1 aliphatic carbocycles. The normalized spacial score (nSPS) is 20.6. The number of Topliss-reactive ketones (excluding diaryl/α,β-unsaturated/α-hetero) is 1. The van der Waals surface area contributed by atoms with Crippen molar-refractivity contribution >= 4 is 46.7 Å². The summed E-state index contributed by atoms with van der Waals surface area (Å²) in [6.07, 6.45) is -3.20. The van der Waals surface area contributed by atoms with Crippen LogP contribution in [0.4, 0.5) is 18.9 Å². The van der Waals surface area contributed by atoms with Gasteiger partial charge in [0.25, 0.3) is 11.8 Å². The maximum Gasteiger partial charge on any atom is 0.402 e. The predicted molar refractivity (Wildman–Crippen MR) is 128 cm³/mol. The Kier molecular flexibility index (Phi) is 8.21. The summed E-state index contributed by atoms with van der Waals surface area (Å²) in [4.78, 5) is 63.3. The van der Waals surface area contributed by atoms with Crippen molar-refractivity contribution in [3.05, 3.63) is 28.8 Å². The van der Waals surface area contributed by atoms with Crippen molar-refractivity contribution in [1.29, 1.82) is 0 Å². The molecule has 3 atom stereocenters. The highest BCUT2D eigenvalue weighted by molar-refractivity contribution is 6.38. The molecule has 0 bridgehead atoms. The number of anilines is 1. The van der Waals surface area contributed by atoms with Crippen LogP contribution in [0.1, 0.15) is 56.8 Å². The molecule has 4 amide bonds. The maximum atomic E-state index is 13.3. The average Bonchev–Trinajstić information content (AvgIpc) is 3.55. The molecule has 1 saturated heterocycles. The summed E-state index contributed by atoms with van der Waals surface area (Å²) in [6, 6.07) is 1.85. The molecule has 0 unspecified atom stereocenters. The van der Waals surface area contributed by atoms with Gasteiger partial charge in [-0.05, 0) is 64.7 Å². The Labute approximate surface area is 216 Å². The third kappa shape index (κ3) is 6.79. The molecular weight excluding hydrogens is 517 g/mol. The number of hydrogen-bond donors (Lipinski definition) is 4. The molecule has 0 radical (unpaired) electrons. The smallest absolute Gasteiger partial charge is 0.353 e. The van der Waals surface area contributed by atoms with E-state index in [-0.39, 0.29) is 40.7 Å². The van der Waals surface area contributed by atoms with Gasteiger partial charge in [-0.2, -0.15) is 13.2 Å². The van der Waals surface area contributed by atoms with Gasteiger partial charge in [0.2, 0.25) is 17.6 Å². The molecule has 1 saturated carbocycles. The second kappa shape index (κ2) is 10.7. The molecule has 9 nitrogen and oxygen atoms in total. The lowest BCUT2D eigenvalue weighted by atomic mass is 9.91. The monoisotopic (exact) mass is 544 g/mol. The van der Waals surface area contributed by atoms with Crippen LogP contribution in [0.5, 0.6) is 0 Å². The zero-order valence-electron chi connectivity index (χ0n) is 20.4. The van der Waals surface area contributed by atoms with Gasteiger partial charge < -0.3 is 21.3 Å². The quantitative estimate of drug-likeness (QED) is 0.355. The summed E-state index contributed by atoms with van der Waals surface area (Å²) < 4.78 is 40.0. The van der Waals surface area contributed by atoms with Crippen LogP contribution in [-0.4, -0.2) is 53.7 Å². The Morgan fingerprint density at radius 2 is 1.81 bits per heavy atom. The third-order valence-electron chi connectivity index (χ3n) is 6.43. The first-order chi connectivity index (χ1) is 17.1. The second-order valence-electron chi connectivity index (χ2n) is 9.98. The van der Waals surface area contributed by atoms with E-state index in [1.165, 1.54) is 6.07 Å². The molecule has 0 spiro atoms. The first-order valence-corrected chi connectivity index (χ1v) is 12.1. The van der Waals surface area contributed by atoms with Gasteiger partial charge in [0, 0.05) is 23.0 Å². The molecule has 2 aliphatic rings. The molecule has 2 fully saturated rings. The van der Waals surface area contributed by atoms with Crippen molar-refractivity contribution in [3.63, 3.8) is 0 Å².